The Morgan fingerprint density at radius 3 is 2.67 bits per heavy atom. The first-order chi connectivity index (χ1) is 13.0. The fourth-order valence-corrected chi connectivity index (χ4v) is 4.18. The third-order valence-corrected chi connectivity index (χ3v) is 5.72. The van der Waals surface area contributed by atoms with Crippen molar-refractivity contribution in [3.8, 4) is 5.75 Å². The maximum Gasteiger partial charge on any atom is 0.325 e. The summed E-state index contributed by atoms with van der Waals surface area (Å²) in [5.74, 6) is -0.394. The first kappa shape index (κ1) is 19.6. The number of carboxylic acids is 1. The predicted molar refractivity (Wildman–Crippen MR) is 98.1 cm³/mol. The molecule has 0 spiro atoms. The van der Waals surface area contributed by atoms with Crippen LogP contribution in [0.5, 0.6) is 5.75 Å². The molecule has 3 rings (SSSR count). The van der Waals surface area contributed by atoms with Gasteiger partial charge in [0.2, 0.25) is 5.91 Å². The molecule has 2 aliphatic rings. The molecule has 0 aromatic heterocycles. The Hall–Kier alpha value is -2.15. The second kappa shape index (κ2) is 8.69. The van der Waals surface area contributed by atoms with E-state index >= 15 is 0 Å². The number of halogens is 1. The van der Waals surface area contributed by atoms with Crippen LogP contribution in [0.25, 0.3) is 0 Å². The van der Waals surface area contributed by atoms with Gasteiger partial charge in [0, 0.05) is 31.1 Å². The topological polar surface area (TPSA) is 70.1 Å². The fraction of sp³-hybridized carbons (Fsp3) is 0.600. The number of methoxy groups -OCH3 is 1. The number of rotatable bonds is 7. The summed E-state index contributed by atoms with van der Waals surface area (Å²) in [4.78, 5) is 27.5. The number of ether oxygens (including phenoxy) is 1. The highest BCUT2D eigenvalue weighted by Gasteiger charge is 2.33. The molecular formula is C20H27FN2O4. The van der Waals surface area contributed by atoms with Crippen LogP contribution < -0.4 is 4.74 Å². The van der Waals surface area contributed by atoms with Gasteiger partial charge in [-0.05, 0) is 50.8 Å². The van der Waals surface area contributed by atoms with Crippen molar-refractivity contribution in [3.05, 3.63) is 29.6 Å². The van der Waals surface area contributed by atoms with E-state index in [2.05, 4.69) is 0 Å². The summed E-state index contributed by atoms with van der Waals surface area (Å²) in [7, 11) is 1.42. The van der Waals surface area contributed by atoms with Crippen molar-refractivity contribution in [1.82, 2.24) is 9.80 Å². The molecule has 2 aliphatic heterocycles. The molecule has 6 nitrogen and oxygen atoms in total. The van der Waals surface area contributed by atoms with Crippen molar-refractivity contribution in [1.29, 1.82) is 0 Å². The number of amides is 1. The molecule has 7 heteroatoms. The van der Waals surface area contributed by atoms with E-state index in [-0.39, 0.29) is 11.7 Å². The molecule has 148 valence electrons. The van der Waals surface area contributed by atoms with Gasteiger partial charge in [0.05, 0.1) is 7.11 Å². The zero-order valence-electron chi connectivity index (χ0n) is 15.7. The number of hydrogen-bond acceptors (Lipinski definition) is 4. The van der Waals surface area contributed by atoms with E-state index in [0.29, 0.717) is 31.0 Å². The zero-order valence-corrected chi connectivity index (χ0v) is 15.7. The Balaban J connectivity index is 1.60. The van der Waals surface area contributed by atoms with E-state index in [1.54, 1.807) is 0 Å². The van der Waals surface area contributed by atoms with E-state index < -0.39 is 17.8 Å². The molecule has 27 heavy (non-hydrogen) atoms. The average molecular weight is 378 g/mol. The third-order valence-electron chi connectivity index (χ3n) is 5.72. The van der Waals surface area contributed by atoms with Gasteiger partial charge < -0.3 is 14.7 Å². The Bertz CT molecular complexity index is 689. The van der Waals surface area contributed by atoms with Gasteiger partial charge in [0.25, 0.3) is 0 Å². The van der Waals surface area contributed by atoms with Crippen molar-refractivity contribution in [2.75, 3.05) is 33.3 Å². The number of carbonyl (C=O) groups is 2. The Morgan fingerprint density at radius 1 is 1.33 bits per heavy atom. The Morgan fingerprint density at radius 2 is 2.07 bits per heavy atom. The summed E-state index contributed by atoms with van der Waals surface area (Å²) < 4.78 is 18.7. The number of hydrogen-bond donors (Lipinski definition) is 1. The molecule has 2 fully saturated rings. The van der Waals surface area contributed by atoms with E-state index in [9.17, 15) is 19.1 Å². The summed E-state index contributed by atoms with van der Waals surface area (Å²) in [6.45, 7) is 2.99. The molecule has 0 bridgehead atoms. The van der Waals surface area contributed by atoms with Crippen LogP contribution in [0.1, 0.15) is 43.7 Å². The van der Waals surface area contributed by atoms with E-state index in [1.165, 1.54) is 25.3 Å². The van der Waals surface area contributed by atoms with Crippen molar-refractivity contribution >= 4 is 11.9 Å². The van der Waals surface area contributed by atoms with E-state index in [4.69, 9.17) is 4.74 Å². The van der Waals surface area contributed by atoms with Crippen LogP contribution in [0.3, 0.4) is 0 Å². The van der Waals surface area contributed by atoms with Crippen LogP contribution in [0.2, 0.25) is 0 Å². The lowest BCUT2D eigenvalue weighted by atomic mass is 9.91. The highest BCUT2D eigenvalue weighted by Crippen LogP contribution is 2.34. The van der Waals surface area contributed by atoms with Gasteiger partial charge in [-0.25, -0.2) is 4.39 Å². The summed E-state index contributed by atoms with van der Waals surface area (Å²) >= 11 is 0. The number of carboxylic acid groups (broad SMARTS) is 1. The zero-order chi connectivity index (χ0) is 19.4. The highest BCUT2D eigenvalue weighted by molar-refractivity contribution is 5.78. The lowest BCUT2D eigenvalue weighted by Crippen LogP contribution is -2.41. The molecular weight excluding hydrogens is 351 g/mol. The molecule has 2 saturated heterocycles. The molecule has 1 aromatic carbocycles. The molecule has 1 aromatic rings. The van der Waals surface area contributed by atoms with Gasteiger partial charge in [-0.15, -0.1) is 0 Å². The average Bonchev–Trinajstić information content (AvgIpc) is 3.07. The summed E-state index contributed by atoms with van der Waals surface area (Å²) in [6.07, 6.45) is 4.39. The molecule has 1 N–H and O–H groups in total. The third kappa shape index (κ3) is 4.58. The second-order valence-electron chi connectivity index (χ2n) is 7.38. The van der Waals surface area contributed by atoms with Crippen LogP contribution in [-0.2, 0) is 9.59 Å². The minimum Gasteiger partial charge on any atom is -0.496 e. The van der Waals surface area contributed by atoms with Crippen molar-refractivity contribution < 1.29 is 23.8 Å². The maximum atomic E-state index is 13.5. The number of aliphatic carboxylic acids is 1. The molecule has 1 atom stereocenters. The maximum absolute atomic E-state index is 13.5. The lowest BCUT2D eigenvalue weighted by molar-refractivity contribution is -0.144. The smallest absolute Gasteiger partial charge is 0.325 e. The normalized spacial score (nSPS) is 20.1. The predicted octanol–water partition coefficient (Wildman–Crippen LogP) is 2.68. The van der Waals surface area contributed by atoms with Crippen LogP contribution in [0.4, 0.5) is 4.39 Å². The van der Waals surface area contributed by atoms with Crippen LogP contribution in [0.15, 0.2) is 18.2 Å². The van der Waals surface area contributed by atoms with Gasteiger partial charge in [-0.3, -0.25) is 14.5 Å². The van der Waals surface area contributed by atoms with Crippen LogP contribution in [0, 0.1) is 11.7 Å². The number of piperidine rings is 1. The molecule has 0 saturated carbocycles. The lowest BCUT2D eigenvalue weighted by Gasteiger charge is -2.36. The molecule has 1 unspecified atom stereocenters. The SMILES string of the molecule is COc1cc(F)ccc1C(C(=O)O)N1CCC(CCN2CCCC2=O)CC1. The number of carbonyl (C=O) groups excluding carboxylic acids is 1. The van der Waals surface area contributed by atoms with Gasteiger partial charge in [-0.1, -0.05) is 6.07 Å². The van der Waals surface area contributed by atoms with Gasteiger partial charge in [0.15, 0.2) is 0 Å². The van der Waals surface area contributed by atoms with E-state index in [1.807, 2.05) is 9.80 Å². The minimum atomic E-state index is -0.957. The van der Waals surface area contributed by atoms with Crippen molar-refractivity contribution in [3.63, 3.8) is 0 Å². The molecule has 2 heterocycles. The summed E-state index contributed by atoms with van der Waals surface area (Å²) in [5, 5.41) is 9.78. The first-order valence-corrected chi connectivity index (χ1v) is 9.57. The molecule has 0 aliphatic carbocycles. The number of benzene rings is 1. The van der Waals surface area contributed by atoms with Gasteiger partial charge >= 0.3 is 5.97 Å². The minimum absolute atomic E-state index is 0.252. The quantitative estimate of drug-likeness (QED) is 0.790. The van der Waals surface area contributed by atoms with Gasteiger partial charge in [-0.2, -0.15) is 0 Å². The van der Waals surface area contributed by atoms with Crippen LogP contribution in [-0.4, -0.2) is 60.1 Å². The monoisotopic (exact) mass is 378 g/mol. The molecule has 0 radical (unpaired) electrons. The summed E-state index contributed by atoms with van der Waals surface area (Å²) in [5.41, 5.74) is 0.479. The van der Waals surface area contributed by atoms with Crippen LogP contribution >= 0.6 is 0 Å². The van der Waals surface area contributed by atoms with Crippen molar-refractivity contribution in [2.45, 2.75) is 38.1 Å². The largest absolute Gasteiger partial charge is 0.496 e. The standard InChI is InChI=1S/C20H27FN2O4/c1-27-17-13-15(21)4-5-16(17)19(20(25)26)23-11-7-14(8-12-23)6-10-22-9-2-3-18(22)24/h4-5,13-14,19H,2-3,6-12H2,1H3,(H,25,26). The fourth-order valence-electron chi connectivity index (χ4n) is 4.18. The van der Waals surface area contributed by atoms with Gasteiger partial charge in [0.1, 0.15) is 17.6 Å². The Labute approximate surface area is 158 Å². The highest BCUT2D eigenvalue weighted by atomic mass is 19.1. The van der Waals surface area contributed by atoms with Crippen molar-refractivity contribution in [2.24, 2.45) is 5.92 Å². The number of nitrogens with zero attached hydrogens (tertiary/aromatic N) is 2. The summed E-state index contributed by atoms with van der Waals surface area (Å²) in [6, 6.07) is 3.15. The van der Waals surface area contributed by atoms with E-state index in [0.717, 1.165) is 38.8 Å². The Kier molecular flexibility index (Phi) is 6.31. The first-order valence-electron chi connectivity index (χ1n) is 9.57. The second-order valence-corrected chi connectivity index (χ2v) is 7.38. The molecule has 1 amide bonds. The number of likely N-dealkylation sites (tertiary alicyclic amines) is 2.